The summed E-state index contributed by atoms with van der Waals surface area (Å²) in [5.74, 6) is 0.479. The van der Waals surface area contributed by atoms with Crippen LogP contribution in [0.4, 0.5) is 0 Å². The molecular formula is C24H33NO4S. The first-order valence-corrected chi connectivity index (χ1v) is 12.2. The van der Waals surface area contributed by atoms with E-state index >= 15 is 0 Å². The Hall–Kier alpha value is -2.34. The quantitative estimate of drug-likeness (QED) is 0.651. The van der Waals surface area contributed by atoms with E-state index in [9.17, 15) is 13.2 Å². The van der Waals surface area contributed by atoms with Gasteiger partial charge in [0.2, 0.25) is 0 Å². The SMILES string of the molecule is CC[C@H](Oc1ccc(C(C)(C)C)cc1)C(=O)N[C@H](CC)c1ccc(S(C)(=O)=O)cc1. The molecule has 0 saturated heterocycles. The number of carbonyl (C=O) groups is 1. The summed E-state index contributed by atoms with van der Waals surface area (Å²) < 4.78 is 29.3. The molecule has 2 aromatic rings. The smallest absolute Gasteiger partial charge is 0.261 e. The van der Waals surface area contributed by atoms with Gasteiger partial charge in [-0.3, -0.25) is 4.79 Å². The molecule has 0 aliphatic rings. The molecule has 30 heavy (non-hydrogen) atoms. The second-order valence-electron chi connectivity index (χ2n) is 8.60. The molecule has 2 atom stereocenters. The zero-order chi connectivity index (χ0) is 22.5. The summed E-state index contributed by atoms with van der Waals surface area (Å²) in [6.07, 6.45) is 1.80. The number of rotatable bonds is 8. The first-order valence-electron chi connectivity index (χ1n) is 10.3. The van der Waals surface area contributed by atoms with Crippen LogP contribution in [0.25, 0.3) is 0 Å². The molecule has 0 bridgehead atoms. The molecule has 0 aliphatic heterocycles. The van der Waals surface area contributed by atoms with Gasteiger partial charge in [0, 0.05) is 6.26 Å². The number of hydrogen-bond acceptors (Lipinski definition) is 4. The lowest BCUT2D eigenvalue weighted by Crippen LogP contribution is -2.40. The highest BCUT2D eigenvalue weighted by atomic mass is 32.2. The van der Waals surface area contributed by atoms with Gasteiger partial charge in [0.1, 0.15) is 5.75 Å². The summed E-state index contributed by atoms with van der Waals surface area (Å²) in [4.78, 5) is 13.1. The molecule has 0 unspecified atom stereocenters. The Kier molecular flexibility index (Phi) is 7.70. The van der Waals surface area contributed by atoms with Gasteiger partial charge in [0.15, 0.2) is 15.9 Å². The first kappa shape index (κ1) is 23.9. The zero-order valence-electron chi connectivity index (χ0n) is 18.7. The van der Waals surface area contributed by atoms with E-state index in [1.807, 2.05) is 38.1 Å². The van der Waals surface area contributed by atoms with Crippen molar-refractivity contribution in [1.29, 1.82) is 0 Å². The van der Waals surface area contributed by atoms with Crippen LogP contribution >= 0.6 is 0 Å². The summed E-state index contributed by atoms with van der Waals surface area (Å²) in [6.45, 7) is 10.3. The van der Waals surface area contributed by atoms with Crippen molar-refractivity contribution in [1.82, 2.24) is 5.32 Å². The van der Waals surface area contributed by atoms with Crippen LogP contribution in [-0.4, -0.2) is 26.7 Å². The molecule has 0 fully saturated rings. The van der Waals surface area contributed by atoms with Crippen molar-refractivity contribution in [2.24, 2.45) is 0 Å². The third kappa shape index (κ3) is 6.33. The number of ether oxygens (including phenoxy) is 1. The fraction of sp³-hybridized carbons (Fsp3) is 0.458. The maximum atomic E-state index is 12.8. The monoisotopic (exact) mass is 431 g/mol. The van der Waals surface area contributed by atoms with Crippen LogP contribution in [0, 0.1) is 0 Å². The molecule has 164 valence electrons. The minimum absolute atomic E-state index is 0.0566. The second-order valence-corrected chi connectivity index (χ2v) is 10.6. The van der Waals surface area contributed by atoms with Crippen LogP contribution in [0.2, 0.25) is 0 Å². The van der Waals surface area contributed by atoms with Gasteiger partial charge in [-0.25, -0.2) is 8.42 Å². The van der Waals surface area contributed by atoms with Gasteiger partial charge in [-0.15, -0.1) is 0 Å². The van der Waals surface area contributed by atoms with E-state index < -0.39 is 15.9 Å². The van der Waals surface area contributed by atoms with Crippen molar-refractivity contribution in [3.8, 4) is 5.75 Å². The van der Waals surface area contributed by atoms with Crippen LogP contribution in [0.3, 0.4) is 0 Å². The number of sulfone groups is 1. The third-order valence-electron chi connectivity index (χ3n) is 5.10. The molecule has 1 N–H and O–H groups in total. The molecule has 2 aromatic carbocycles. The molecule has 0 spiro atoms. The predicted octanol–water partition coefficient (Wildman–Crippen LogP) is 4.81. The van der Waals surface area contributed by atoms with E-state index in [4.69, 9.17) is 4.74 Å². The molecule has 0 aliphatic carbocycles. The standard InChI is InChI=1S/C24H33NO4S/c1-7-21(17-9-15-20(16-10-17)30(6,27)28)25-23(26)22(8-2)29-19-13-11-18(12-14-19)24(3,4)5/h9-16,21-22H,7-8H2,1-6H3,(H,25,26)/t21-,22+/m1/s1. The van der Waals surface area contributed by atoms with Crippen molar-refractivity contribution in [3.63, 3.8) is 0 Å². The number of carbonyl (C=O) groups excluding carboxylic acids is 1. The molecule has 5 nitrogen and oxygen atoms in total. The second kappa shape index (κ2) is 9.65. The lowest BCUT2D eigenvalue weighted by Gasteiger charge is -2.23. The molecule has 1 amide bonds. The average molecular weight is 432 g/mol. The summed E-state index contributed by atoms with van der Waals surface area (Å²) in [5.41, 5.74) is 2.12. The molecule has 0 aromatic heterocycles. The largest absolute Gasteiger partial charge is 0.481 e. The van der Waals surface area contributed by atoms with Crippen LogP contribution in [0.1, 0.15) is 64.6 Å². The van der Waals surface area contributed by atoms with Crippen LogP contribution < -0.4 is 10.1 Å². The lowest BCUT2D eigenvalue weighted by atomic mass is 9.87. The van der Waals surface area contributed by atoms with Gasteiger partial charge in [-0.05, 0) is 53.6 Å². The Bertz CT molecular complexity index is 942. The van der Waals surface area contributed by atoms with Gasteiger partial charge in [0.05, 0.1) is 10.9 Å². The predicted molar refractivity (Wildman–Crippen MR) is 121 cm³/mol. The lowest BCUT2D eigenvalue weighted by molar-refractivity contribution is -0.128. The summed E-state index contributed by atoms with van der Waals surface area (Å²) in [6, 6.07) is 14.3. The van der Waals surface area contributed by atoms with E-state index in [0.717, 1.165) is 5.56 Å². The van der Waals surface area contributed by atoms with Crippen molar-refractivity contribution < 1.29 is 17.9 Å². The number of nitrogens with one attached hydrogen (secondary N) is 1. The number of benzene rings is 2. The molecule has 6 heteroatoms. The minimum Gasteiger partial charge on any atom is -0.481 e. The molecule has 0 saturated carbocycles. The normalized spacial score (nSPS) is 14.1. The Labute approximate surface area is 180 Å². The van der Waals surface area contributed by atoms with E-state index in [0.29, 0.717) is 18.6 Å². The van der Waals surface area contributed by atoms with Crippen LogP contribution in [-0.2, 0) is 20.0 Å². The van der Waals surface area contributed by atoms with Crippen molar-refractivity contribution >= 4 is 15.7 Å². The topological polar surface area (TPSA) is 72.5 Å². The fourth-order valence-electron chi connectivity index (χ4n) is 3.15. The van der Waals surface area contributed by atoms with Crippen molar-refractivity contribution in [2.45, 2.75) is 69.9 Å². The maximum Gasteiger partial charge on any atom is 0.261 e. The van der Waals surface area contributed by atoms with Crippen LogP contribution in [0.5, 0.6) is 5.75 Å². The van der Waals surface area contributed by atoms with Gasteiger partial charge >= 0.3 is 0 Å². The Balaban J connectivity index is 2.09. The highest BCUT2D eigenvalue weighted by Gasteiger charge is 2.22. The molecule has 2 rings (SSSR count). The fourth-order valence-corrected chi connectivity index (χ4v) is 3.78. The van der Waals surface area contributed by atoms with E-state index in [1.165, 1.54) is 11.8 Å². The minimum atomic E-state index is -3.25. The molecular weight excluding hydrogens is 398 g/mol. The Morgan fingerprint density at radius 2 is 1.53 bits per heavy atom. The molecule has 0 radical (unpaired) electrons. The van der Waals surface area contributed by atoms with E-state index in [1.54, 1.807) is 24.3 Å². The Morgan fingerprint density at radius 1 is 0.967 bits per heavy atom. The summed E-state index contributed by atoms with van der Waals surface area (Å²) in [5, 5.41) is 3.03. The van der Waals surface area contributed by atoms with Crippen LogP contribution in [0.15, 0.2) is 53.4 Å². The highest BCUT2D eigenvalue weighted by molar-refractivity contribution is 7.90. The van der Waals surface area contributed by atoms with Crippen molar-refractivity contribution in [2.75, 3.05) is 6.26 Å². The van der Waals surface area contributed by atoms with E-state index in [-0.39, 0.29) is 22.3 Å². The van der Waals surface area contributed by atoms with Gasteiger partial charge < -0.3 is 10.1 Å². The van der Waals surface area contributed by atoms with E-state index in [2.05, 4.69) is 26.1 Å². The average Bonchev–Trinajstić information content (AvgIpc) is 2.69. The van der Waals surface area contributed by atoms with Gasteiger partial charge in [-0.1, -0.05) is 58.9 Å². The highest BCUT2D eigenvalue weighted by Crippen LogP contribution is 2.25. The zero-order valence-corrected chi connectivity index (χ0v) is 19.5. The Morgan fingerprint density at radius 3 is 1.97 bits per heavy atom. The first-order chi connectivity index (χ1) is 14.0. The van der Waals surface area contributed by atoms with Gasteiger partial charge in [-0.2, -0.15) is 0 Å². The summed E-state index contributed by atoms with van der Waals surface area (Å²) in [7, 11) is -3.25. The number of hydrogen-bond donors (Lipinski definition) is 1. The maximum absolute atomic E-state index is 12.8. The van der Waals surface area contributed by atoms with Crippen molar-refractivity contribution in [3.05, 3.63) is 59.7 Å². The molecule has 0 heterocycles. The number of amides is 1. The third-order valence-corrected chi connectivity index (χ3v) is 6.23. The summed E-state index contributed by atoms with van der Waals surface area (Å²) >= 11 is 0. The van der Waals surface area contributed by atoms with Gasteiger partial charge in [0.25, 0.3) is 5.91 Å².